The first-order chi connectivity index (χ1) is 13.6. The molecule has 1 amide bonds. The minimum absolute atomic E-state index is 0.0173. The summed E-state index contributed by atoms with van der Waals surface area (Å²) in [6, 6.07) is 11.0. The molecule has 0 saturated carbocycles. The van der Waals surface area contributed by atoms with E-state index in [-0.39, 0.29) is 11.5 Å². The highest BCUT2D eigenvalue weighted by Crippen LogP contribution is 2.29. The molecule has 0 aliphatic carbocycles. The van der Waals surface area contributed by atoms with Gasteiger partial charge in [-0.1, -0.05) is 6.07 Å². The molecular weight excluding hydrogens is 356 g/mol. The number of aromatic nitrogens is 1. The summed E-state index contributed by atoms with van der Waals surface area (Å²) in [5, 5.41) is 10.2. The van der Waals surface area contributed by atoms with Crippen LogP contribution in [-0.4, -0.2) is 40.0 Å². The predicted octanol–water partition coefficient (Wildman–Crippen LogP) is 3.14. The van der Waals surface area contributed by atoms with Crippen molar-refractivity contribution in [3.63, 3.8) is 0 Å². The molecule has 1 aromatic heterocycles. The van der Waals surface area contributed by atoms with Crippen molar-refractivity contribution in [2.45, 2.75) is 26.0 Å². The summed E-state index contributed by atoms with van der Waals surface area (Å²) in [5.74, 6) is -0.928. The Hall–Kier alpha value is -3.12. The largest absolute Gasteiger partial charge is 0.478 e. The van der Waals surface area contributed by atoms with Crippen LogP contribution in [0.15, 0.2) is 36.4 Å². The number of amides is 1. The van der Waals surface area contributed by atoms with Crippen LogP contribution in [0.1, 0.15) is 43.1 Å². The molecular formula is C22H20N2O4. The average Bonchev–Trinajstić information content (AvgIpc) is 3.10. The topological polar surface area (TPSA) is 82.6 Å². The average molecular weight is 376 g/mol. The van der Waals surface area contributed by atoms with E-state index < -0.39 is 5.97 Å². The predicted molar refractivity (Wildman–Crippen MR) is 104 cm³/mol. The van der Waals surface area contributed by atoms with Crippen molar-refractivity contribution >= 4 is 22.8 Å². The normalized spacial score (nSPS) is 15.9. The van der Waals surface area contributed by atoms with Gasteiger partial charge in [0.05, 0.1) is 18.8 Å². The van der Waals surface area contributed by atoms with Crippen molar-refractivity contribution in [3.8, 4) is 0 Å². The molecule has 0 bridgehead atoms. The molecule has 6 nitrogen and oxygen atoms in total. The smallest absolute Gasteiger partial charge is 0.335 e. The summed E-state index contributed by atoms with van der Waals surface area (Å²) < 4.78 is 5.47. The maximum atomic E-state index is 13.1. The third-order valence-corrected chi connectivity index (χ3v) is 5.74. The third kappa shape index (κ3) is 2.77. The first-order valence-corrected chi connectivity index (χ1v) is 9.46. The van der Waals surface area contributed by atoms with Gasteiger partial charge < -0.3 is 19.7 Å². The van der Waals surface area contributed by atoms with Crippen molar-refractivity contribution in [1.82, 2.24) is 9.88 Å². The van der Waals surface area contributed by atoms with Gasteiger partial charge in [0.25, 0.3) is 5.91 Å². The fraction of sp³-hybridized carbons (Fsp3) is 0.273. The zero-order valence-corrected chi connectivity index (χ0v) is 15.3. The molecule has 0 fully saturated rings. The van der Waals surface area contributed by atoms with Crippen molar-refractivity contribution in [1.29, 1.82) is 0 Å². The van der Waals surface area contributed by atoms with E-state index in [4.69, 9.17) is 4.74 Å². The Balaban J connectivity index is 1.46. The highest BCUT2D eigenvalue weighted by molar-refractivity contribution is 5.97. The zero-order chi connectivity index (χ0) is 19.3. The van der Waals surface area contributed by atoms with Crippen LogP contribution in [-0.2, 0) is 30.7 Å². The van der Waals surface area contributed by atoms with Crippen molar-refractivity contribution < 1.29 is 19.4 Å². The van der Waals surface area contributed by atoms with Crippen LogP contribution >= 0.6 is 0 Å². The number of benzene rings is 2. The van der Waals surface area contributed by atoms with E-state index in [1.165, 1.54) is 5.56 Å². The van der Waals surface area contributed by atoms with Gasteiger partial charge in [0.2, 0.25) is 0 Å². The molecule has 0 atom stereocenters. The van der Waals surface area contributed by atoms with Crippen LogP contribution < -0.4 is 0 Å². The molecule has 5 rings (SSSR count). The molecule has 3 heterocycles. The quantitative estimate of drug-likeness (QED) is 0.720. The molecule has 0 saturated heterocycles. The molecule has 2 N–H and O–H groups in total. The highest BCUT2D eigenvalue weighted by Gasteiger charge is 2.26. The minimum atomic E-state index is -0.946. The summed E-state index contributed by atoms with van der Waals surface area (Å²) in [5.41, 5.74) is 6.32. The van der Waals surface area contributed by atoms with Gasteiger partial charge in [-0.2, -0.15) is 0 Å². The summed E-state index contributed by atoms with van der Waals surface area (Å²) in [6.07, 6.45) is 1.57. The molecule has 2 aromatic carbocycles. The number of aromatic amines is 1. The Kier molecular flexibility index (Phi) is 3.94. The maximum absolute atomic E-state index is 13.1. The number of rotatable bonds is 2. The number of aromatic carboxylic acids is 1. The van der Waals surface area contributed by atoms with Crippen molar-refractivity contribution in [3.05, 3.63) is 69.9 Å². The van der Waals surface area contributed by atoms with Crippen LogP contribution in [0.25, 0.3) is 10.9 Å². The van der Waals surface area contributed by atoms with Gasteiger partial charge in [0.15, 0.2) is 0 Å². The van der Waals surface area contributed by atoms with E-state index in [1.807, 2.05) is 23.1 Å². The Morgan fingerprint density at radius 2 is 1.89 bits per heavy atom. The van der Waals surface area contributed by atoms with Crippen molar-refractivity contribution in [2.24, 2.45) is 0 Å². The van der Waals surface area contributed by atoms with Gasteiger partial charge in [0, 0.05) is 47.2 Å². The fourth-order valence-corrected chi connectivity index (χ4v) is 4.20. The summed E-state index contributed by atoms with van der Waals surface area (Å²) in [4.78, 5) is 29.7. The third-order valence-electron chi connectivity index (χ3n) is 5.74. The second kappa shape index (κ2) is 6.49. The molecule has 0 unspecified atom stereocenters. The number of nitrogens with one attached hydrogen (secondary N) is 1. The van der Waals surface area contributed by atoms with E-state index in [0.29, 0.717) is 31.9 Å². The van der Waals surface area contributed by atoms with Gasteiger partial charge >= 0.3 is 5.97 Å². The number of carboxylic acid groups (broad SMARTS) is 1. The van der Waals surface area contributed by atoms with Gasteiger partial charge in [-0.25, -0.2) is 4.79 Å². The molecule has 142 valence electrons. The number of ether oxygens (including phenoxy) is 1. The number of carboxylic acids is 1. The van der Waals surface area contributed by atoms with Crippen molar-refractivity contribution in [2.75, 3.05) is 13.2 Å². The molecule has 2 aliphatic heterocycles. The van der Waals surface area contributed by atoms with E-state index in [9.17, 15) is 14.7 Å². The first-order valence-electron chi connectivity index (χ1n) is 9.46. The number of carbonyl (C=O) groups excluding carboxylic acids is 1. The second-order valence-corrected chi connectivity index (χ2v) is 7.41. The van der Waals surface area contributed by atoms with Crippen LogP contribution in [0.3, 0.4) is 0 Å². The van der Waals surface area contributed by atoms with E-state index in [0.717, 1.165) is 40.6 Å². The maximum Gasteiger partial charge on any atom is 0.335 e. The number of H-pyrrole nitrogens is 1. The van der Waals surface area contributed by atoms with E-state index in [1.54, 1.807) is 18.2 Å². The summed E-state index contributed by atoms with van der Waals surface area (Å²) in [7, 11) is 0. The molecule has 28 heavy (non-hydrogen) atoms. The summed E-state index contributed by atoms with van der Waals surface area (Å²) >= 11 is 0. The standard InChI is InChI=1S/C22H20N2O4/c25-21(14-1-2-16-12-28-8-6-13(16)9-14)24-7-5-20-18(11-24)17-10-15(22(26)27)3-4-19(17)23-20/h1-4,9-10,23H,5-8,11-12H2,(H,26,27). The monoisotopic (exact) mass is 376 g/mol. The number of hydrogen-bond donors (Lipinski definition) is 2. The number of carbonyl (C=O) groups is 2. The molecule has 0 spiro atoms. The molecule has 6 heteroatoms. The van der Waals surface area contributed by atoms with E-state index in [2.05, 4.69) is 4.98 Å². The lowest BCUT2D eigenvalue weighted by Gasteiger charge is -2.28. The highest BCUT2D eigenvalue weighted by atomic mass is 16.5. The SMILES string of the molecule is O=C(O)c1ccc2[nH]c3c(c2c1)CN(C(=O)c1ccc2c(c1)CCOC2)CC3. The van der Waals surface area contributed by atoms with Gasteiger partial charge in [-0.3, -0.25) is 4.79 Å². The first kappa shape index (κ1) is 17.0. The molecule has 0 radical (unpaired) electrons. The fourth-order valence-electron chi connectivity index (χ4n) is 4.20. The lowest BCUT2D eigenvalue weighted by Crippen LogP contribution is -2.36. The van der Waals surface area contributed by atoms with Crippen LogP contribution in [0.5, 0.6) is 0 Å². The minimum Gasteiger partial charge on any atom is -0.478 e. The van der Waals surface area contributed by atoms with Gasteiger partial charge in [0.1, 0.15) is 0 Å². The van der Waals surface area contributed by atoms with Gasteiger partial charge in [-0.05, 0) is 47.9 Å². The Labute approximate surface area is 161 Å². The number of fused-ring (bicyclic) bond motifs is 4. The second-order valence-electron chi connectivity index (χ2n) is 7.41. The van der Waals surface area contributed by atoms with Crippen LogP contribution in [0, 0.1) is 0 Å². The number of nitrogens with zero attached hydrogens (tertiary/aromatic N) is 1. The van der Waals surface area contributed by atoms with Gasteiger partial charge in [-0.15, -0.1) is 0 Å². The van der Waals surface area contributed by atoms with Crippen LogP contribution in [0.4, 0.5) is 0 Å². The Morgan fingerprint density at radius 1 is 1.04 bits per heavy atom. The Bertz CT molecular complexity index is 1120. The van der Waals surface area contributed by atoms with E-state index >= 15 is 0 Å². The molecule has 3 aromatic rings. The summed E-state index contributed by atoms with van der Waals surface area (Å²) in [6.45, 7) is 2.43. The zero-order valence-electron chi connectivity index (χ0n) is 15.3. The lowest BCUT2D eigenvalue weighted by atomic mass is 9.98. The Morgan fingerprint density at radius 3 is 2.75 bits per heavy atom. The molecule has 2 aliphatic rings. The number of hydrogen-bond acceptors (Lipinski definition) is 3. The lowest BCUT2D eigenvalue weighted by molar-refractivity contribution is 0.0694. The van der Waals surface area contributed by atoms with Crippen LogP contribution in [0.2, 0.25) is 0 Å².